The summed E-state index contributed by atoms with van der Waals surface area (Å²) in [5, 5.41) is 14.4. The number of hydrogen-bond acceptors (Lipinski definition) is 4. The first-order chi connectivity index (χ1) is 5.47. The van der Waals surface area contributed by atoms with Crippen LogP contribution in [0.4, 0.5) is 0 Å². The van der Waals surface area contributed by atoms with Crippen LogP contribution in [0.1, 0.15) is 11.7 Å². The minimum atomic E-state index is -0.232. The van der Waals surface area contributed by atoms with Crippen molar-refractivity contribution in [1.82, 2.24) is 0 Å². The maximum atomic E-state index is 3.78. The molecule has 1 aromatic rings. The summed E-state index contributed by atoms with van der Waals surface area (Å²) in [5.41, 5.74) is 0.994. The van der Waals surface area contributed by atoms with Gasteiger partial charge in [0, 0.05) is 5.56 Å². The molecule has 4 nitrogen and oxygen atoms in total. The minimum Gasteiger partial charge on any atom is -0.133 e. The van der Waals surface area contributed by atoms with Gasteiger partial charge < -0.3 is 0 Å². The fourth-order valence-electron chi connectivity index (χ4n) is 0.872. The van der Waals surface area contributed by atoms with Gasteiger partial charge in [-0.3, -0.25) is 0 Å². The Balaban J connectivity index is 2.30. The highest BCUT2D eigenvalue weighted by molar-refractivity contribution is 5.17. The summed E-state index contributed by atoms with van der Waals surface area (Å²) in [6, 6.07) is 10.3. The second-order valence-corrected chi connectivity index (χ2v) is 2.12. The first-order valence-electron chi connectivity index (χ1n) is 3.23. The third-order valence-corrected chi connectivity index (χ3v) is 1.40. The molecule has 0 amide bonds. The van der Waals surface area contributed by atoms with E-state index in [2.05, 4.69) is 26.7 Å². The van der Waals surface area contributed by atoms with Crippen molar-refractivity contribution in [3.8, 4) is 0 Å². The van der Waals surface area contributed by atoms with Crippen LogP contribution in [0.25, 0.3) is 0 Å². The maximum absolute atomic E-state index is 3.78. The summed E-state index contributed by atoms with van der Waals surface area (Å²) < 4.78 is 0. The Kier molecular flexibility index (Phi) is 1.44. The van der Waals surface area contributed by atoms with E-state index in [1.165, 1.54) is 0 Å². The minimum absolute atomic E-state index is 0.232. The first kappa shape index (κ1) is 6.15. The third-order valence-electron chi connectivity index (χ3n) is 1.40. The van der Waals surface area contributed by atoms with E-state index in [4.69, 9.17) is 0 Å². The lowest BCUT2D eigenvalue weighted by Gasteiger charge is -1.97. The topological polar surface area (TPSA) is 49.4 Å². The molecule has 2 rings (SSSR count). The van der Waals surface area contributed by atoms with Gasteiger partial charge in [-0.2, -0.15) is 0 Å². The second-order valence-electron chi connectivity index (χ2n) is 2.12. The second kappa shape index (κ2) is 2.57. The van der Waals surface area contributed by atoms with Gasteiger partial charge in [0.2, 0.25) is 6.17 Å². The van der Waals surface area contributed by atoms with Gasteiger partial charge >= 0.3 is 0 Å². The Morgan fingerprint density at radius 3 is 2.36 bits per heavy atom. The van der Waals surface area contributed by atoms with E-state index >= 15 is 0 Å². The van der Waals surface area contributed by atoms with Crippen molar-refractivity contribution in [3.05, 3.63) is 35.9 Å². The molecule has 0 spiro atoms. The highest BCUT2D eigenvalue weighted by atomic mass is 15.6. The zero-order valence-corrected chi connectivity index (χ0v) is 5.68. The Hall–Kier alpha value is -1.58. The monoisotopic (exact) mass is 145 g/mol. The first-order valence-corrected chi connectivity index (χ1v) is 3.23. The van der Waals surface area contributed by atoms with E-state index in [0.717, 1.165) is 5.56 Å². The highest BCUT2D eigenvalue weighted by Gasteiger charge is 2.10. The van der Waals surface area contributed by atoms with Crippen LogP contribution in [0.3, 0.4) is 0 Å². The Morgan fingerprint density at radius 2 is 1.73 bits per heavy atom. The van der Waals surface area contributed by atoms with Crippen LogP contribution in [0, 0.1) is 6.07 Å². The molecule has 0 N–H and O–H groups in total. The summed E-state index contributed by atoms with van der Waals surface area (Å²) in [4.78, 5) is 0. The molecule has 0 saturated heterocycles. The van der Waals surface area contributed by atoms with Crippen LogP contribution in [0.15, 0.2) is 44.9 Å². The van der Waals surface area contributed by atoms with E-state index < -0.39 is 0 Å². The molecule has 1 heterocycles. The molecule has 11 heavy (non-hydrogen) atoms. The largest absolute Gasteiger partial charge is 0.210 e. The van der Waals surface area contributed by atoms with Crippen molar-refractivity contribution in [2.75, 3.05) is 0 Å². The highest BCUT2D eigenvalue weighted by Crippen LogP contribution is 2.22. The van der Waals surface area contributed by atoms with Crippen molar-refractivity contribution < 1.29 is 0 Å². The van der Waals surface area contributed by atoms with Crippen molar-refractivity contribution in [1.29, 1.82) is 0 Å². The quantitative estimate of drug-likeness (QED) is 0.582. The van der Waals surface area contributed by atoms with Crippen LogP contribution >= 0.6 is 0 Å². The predicted molar refractivity (Wildman–Crippen MR) is 37.7 cm³/mol. The third kappa shape index (κ3) is 1.14. The normalized spacial score (nSPS) is 16.0. The van der Waals surface area contributed by atoms with Crippen molar-refractivity contribution in [3.63, 3.8) is 0 Å². The van der Waals surface area contributed by atoms with Gasteiger partial charge in [-0.25, -0.2) is 0 Å². The number of rotatable bonds is 1. The van der Waals surface area contributed by atoms with Crippen LogP contribution in [0.5, 0.6) is 0 Å². The van der Waals surface area contributed by atoms with E-state index in [1.807, 2.05) is 24.3 Å². The standard InChI is InChI=1S/C7H5N4/c1-2-4-6(5-3-1)7-8-10-11-9-7/h2-5,7H. The van der Waals surface area contributed by atoms with Gasteiger partial charge in [-0.1, -0.05) is 24.3 Å². The summed E-state index contributed by atoms with van der Waals surface area (Å²) in [7, 11) is 0. The van der Waals surface area contributed by atoms with Crippen molar-refractivity contribution >= 4 is 0 Å². The average Bonchev–Trinajstić information content (AvgIpc) is 2.58. The average molecular weight is 145 g/mol. The van der Waals surface area contributed by atoms with Crippen LogP contribution in [-0.2, 0) is 0 Å². The number of nitrogens with zero attached hydrogens (tertiary/aromatic N) is 4. The smallest absolute Gasteiger partial charge is 0.133 e. The van der Waals surface area contributed by atoms with Crippen LogP contribution < -0.4 is 0 Å². The van der Waals surface area contributed by atoms with Crippen molar-refractivity contribution in [2.24, 2.45) is 20.7 Å². The molecule has 0 aromatic heterocycles. The summed E-state index contributed by atoms with van der Waals surface area (Å²) in [6.07, 6.45) is -0.232. The molecular weight excluding hydrogens is 140 g/mol. The predicted octanol–water partition coefficient (Wildman–Crippen LogP) is 2.32. The molecule has 53 valence electrons. The zero-order chi connectivity index (χ0) is 7.52. The zero-order valence-electron chi connectivity index (χ0n) is 5.68. The van der Waals surface area contributed by atoms with Gasteiger partial charge in [-0.05, 0) is 16.5 Å². The molecule has 1 radical (unpaired) electrons. The lowest BCUT2D eigenvalue weighted by atomic mass is 10.2. The molecule has 1 aliphatic rings. The summed E-state index contributed by atoms with van der Waals surface area (Å²) in [6.45, 7) is 0. The molecule has 0 atom stereocenters. The lowest BCUT2D eigenvalue weighted by molar-refractivity contribution is 0.765. The number of benzene rings is 1. The fourth-order valence-corrected chi connectivity index (χ4v) is 0.872. The molecule has 1 aliphatic heterocycles. The van der Waals surface area contributed by atoms with E-state index in [1.54, 1.807) is 0 Å². The maximum Gasteiger partial charge on any atom is 0.210 e. The molecule has 0 bridgehead atoms. The Bertz CT molecular complexity index is 279. The van der Waals surface area contributed by atoms with E-state index in [0.29, 0.717) is 0 Å². The van der Waals surface area contributed by atoms with Crippen LogP contribution in [-0.4, -0.2) is 0 Å². The molecule has 4 heteroatoms. The summed E-state index contributed by atoms with van der Waals surface area (Å²) in [5.74, 6) is 0. The molecule has 0 fully saturated rings. The van der Waals surface area contributed by atoms with Crippen LogP contribution in [0.2, 0.25) is 0 Å². The van der Waals surface area contributed by atoms with E-state index in [9.17, 15) is 0 Å². The molecular formula is C7H5N4. The SMILES string of the molecule is [c]1ccc(C2N=NN=N2)cc1. The molecule has 1 aromatic carbocycles. The lowest BCUT2D eigenvalue weighted by Crippen LogP contribution is -1.85. The van der Waals surface area contributed by atoms with Gasteiger partial charge in [-0.15, -0.1) is 10.2 Å². The molecule has 0 aliphatic carbocycles. The Labute approximate surface area is 63.7 Å². The molecule has 0 saturated carbocycles. The summed E-state index contributed by atoms with van der Waals surface area (Å²) >= 11 is 0. The Morgan fingerprint density at radius 1 is 1.09 bits per heavy atom. The van der Waals surface area contributed by atoms with E-state index in [-0.39, 0.29) is 6.17 Å². The fraction of sp³-hybridized carbons (Fsp3) is 0.143. The van der Waals surface area contributed by atoms with Crippen molar-refractivity contribution in [2.45, 2.75) is 6.17 Å². The van der Waals surface area contributed by atoms with Gasteiger partial charge in [0.15, 0.2) is 0 Å². The van der Waals surface area contributed by atoms with Gasteiger partial charge in [0.05, 0.1) is 0 Å². The van der Waals surface area contributed by atoms with Gasteiger partial charge in [0.25, 0.3) is 0 Å². The molecule has 0 unspecified atom stereocenters. The number of hydrogen-bond donors (Lipinski definition) is 0. The van der Waals surface area contributed by atoms with Gasteiger partial charge in [0.1, 0.15) is 0 Å².